The van der Waals surface area contributed by atoms with Crippen LogP contribution in [0.4, 0.5) is 15.8 Å². The van der Waals surface area contributed by atoms with E-state index in [4.69, 9.17) is 0 Å². The summed E-state index contributed by atoms with van der Waals surface area (Å²) in [5.41, 5.74) is 0.155. The number of H-pyrrole nitrogens is 2. The summed E-state index contributed by atoms with van der Waals surface area (Å²) in [6, 6.07) is 10.2. The molecule has 1 aromatic heterocycles. The highest BCUT2D eigenvalue weighted by Gasteiger charge is 2.34. The molecule has 2 amide bonds. The van der Waals surface area contributed by atoms with Crippen molar-refractivity contribution in [2.24, 2.45) is 4.99 Å². The molecule has 1 aliphatic rings. The van der Waals surface area contributed by atoms with Gasteiger partial charge in [-0.25, -0.2) is 14.2 Å². The number of aliphatic imine (C=N–C) groups is 1. The minimum absolute atomic E-state index is 0.126. The summed E-state index contributed by atoms with van der Waals surface area (Å²) in [4.78, 5) is 60.0. The molecule has 11 nitrogen and oxygen atoms in total. The van der Waals surface area contributed by atoms with E-state index in [1.54, 1.807) is 37.3 Å². The Morgan fingerprint density at radius 1 is 1.16 bits per heavy atom. The Morgan fingerprint density at radius 2 is 1.87 bits per heavy atom. The number of carbonyl (C=O) groups excluding carboxylic acids is 2. The predicted molar refractivity (Wildman–Crippen MR) is 143 cm³/mol. The Morgan fingerprint density at radius 3 is 2.50 bits per heavy atom. The number of carbonyl (C=O) groups is 2. The number of amidine groups is 1. The van der Waals surface area contributed by atoms with Crippen LogP contribution in [-0.2, 0) is 9.59 Å². The van der Waals surface area contributed by atoms with E-state index in [-0.39, 0.29) is 22.8 Å². The fraction of sp³-hybridized carbons (Fsp3) is 0.240. The predicted octanol–water partition coefficient (Wildman–Crippen LogP) is 1.99. The third kappa shape index (κ3) is 5.94. The van der Waals surface area contributed by atoms with Gasteiger partial charge >= 0.3 is 5.69 Å². The summed E-state index contributed by atoms with van der Waals surface area (Å²) >= 11 is 0.984. The van der Waals surface area contributed by atoms with Crippen LogP contribution >= 0.6 is 11.8 Å². The summed E-state index contributed by atoms with van der Waals surface area (Å²) < 4.78 is 13.8. The first-order chi connectivity index (χ1) is 18.0. The van der Waals surface area contributed by atoms with Crippen molar-refractivity contribution in [3.05, 3.63) is 85.8 Å². The fourth-order valence-corrected chi connectivity index (χ4v) is 4.76. The number of aromatic nitrogens is 2. The summed E-state index contributed by atoms with van der Waals surface area (Å²) in [7, 11) is 3.73. The largest absolute Gasteiger partial charge is 0.494 e. The molecule has 0 aliphatic carbocycles. The van der Waals surface area contributed by atoms with Crippen molar-refractivity contribution in [3.63, 3.8) is 0 Å². The summed E-state index contributed by atoms with van der Waals surface area (Å²) in [6.45, 7) is 1.60. The first-order valence-electron chi connectivity index (χ1n) is 11.5. The maximum absolute atomic E-state index is 13.8. The van der Waals surface area contributed by atoms with Gasteiger partial charge in [-0.1, -0.05) is 30.0 Å². The Kier molecular flexibility index (Phi) is 7.67. The van der Waals surface area contributed by atoms with Crippen molar-refractivity contribution in [1.82, 2.24) is 15.3 Å². The first-order valence-corrected chi connectivity index (χ1v) is 12.3. The van der Waals surface area contributed by atoms with Gasteiger partial charge in [0, 0.05) is 31.9 Å². The molecule has 0 spiro atoms. The van der Waals surface area contributed by atoms with Crippen LogP contribution in [0.15, 0.2) is 57.0 Å². The molecule has 0 radical (unpaired) electrons. The van der Waals surface area contributed by atoms with Crippen LogP contribution in [0.25, 0.3) is 0 Å². The van der Waals surface area contributed by atoms with E-state index in [9.17, 15) is 28.7 Å². The van der Waals surface area contributed by atoms with E-state index in [2.05, 4.69) is 25.6 Å². The van der Waals surface area contributed by atoms with Gasteiger partial charge in [0.25, 0.3) is 5.56 Å². The van der Waals surface area contributed by atoms with Crippen LogP contribution in [0.3, 0.4) is 0 Å². The number of aryl methyl sites for hydroxylation is 1. The number of hydrogen-bond acceptors (Lipinski definition) is 8. The molecule has 0 bridgehead atoms. The molecule has 2 heterocycles. The van der Waals surface area contributed by atoms with Gasteiger partial charge in [0.1, 0.15) is 22.7 Å². The number of halogens is 1. The van der Waals surface area contributed by atoms with Crippen molar-refractivity contribution >= 4 is 40.1 Å². The highest BCUT2D eigenvalue weighted by atomic mass is 32.2. The maximum atomic E-state index is 13.8. The van der Waals surface area contributed by atoms with Crippen LogP contribution in [0.2, 0.25) is 0 Å². The van der Waals surface area contributed by atoms with Crippen molar-refractivity contribution in [3.8, 4) is 5.88 Å². The normalized spacial score (nSPS) is 16.8. The molecule has 4 rings (SSSR count). The second-order valence-corrected chi connectivity index (χ2v) is 10.00. The number of hydrogen-bond donors (Lipinski definition) is 5. The lowest BCUT2D eigenvalue weighted by molar-refractivity contribution is -0.122. The number of aromatic amines is 2. The minimum atomic E-state index is -1.09. The number of nitrogens with zero attached hydrogens (tertiary/aromatic N) is 2. The van der Waals surface area contributed by atoms with Crippen molar-refractivity contribution in [2.45, 2.75) is 24.6 Å². The fourth-order valence-electron chi connectivity index (χ4n) is 3.77. The number of anilines is 2. The molecule has 3 aromatic rings. The van der Waals surface area contributed by atoms with Gasteiger partial charge in [-0.2, -0.15) is 0 Å². The van der Waals surface area contributed by atoms with E-state index >= 15 is 0 Å². The van der Waals surface area contributed by atoms with E-state index in [0.29, 0.717) is 11.1 Å². The van der Waals surface area contributed by atoms with Crippen molar-refractivity contribution < 1.29 is 19.1 Å². The van der Waals surface area contributed by atoms with Crippen LogP contribution < -0.4 is 26.8 Å². The number of thioether (sulfide) groups is 1. The van der Waals surface area contributed by atoms with Crippen molar-refractivity contribution in [1.29, 1.82) is 0 Å². The zero-order valence-corrected chi connectivity index (χ0v) is 21.5. The van der Waals surface area contributed by atoms with E-state index in [1.165, 1.54) is 12.1 Å². The Labute approximate surface area is 220 Å². The van der Waals surface area contributed by atoms with Gasteiger partial charge in [0.15, 0.2) is 5.17 Å². The SMILES string of the molecule is Cc1ccc(NC(=O)CC2SC(=NC(c3ccc(N(C)C)cc3)c3c(O)[nH]c(=O)[nH]c3=O)NC2=O)cc1F. The average Bonchev–Trinajstić information content (AvgIpc) is 3.18. The van der Waals surface area contributed by atoms with Crippen LogP contribution in [0, 0.1) is 12.7 Å². The lowest BCUT2D eigenvalue weighted by atomic mass is 10.0. The zero-order valence-electron chi connectivity index (χ0n) is 20.7. The molecule has 0 saturated carbocycles. The molecular weight excluding hydrogens is 515 g/mol. The number of aromatic hydroxyl groups is 1. The smallest absolute Gasteiger partial charge is 0.328 e. The second-order valence-electron chi connectivity index (χ2n) is 8.81. The van der Waals surface area contributed by atoms with Gasteiger partial charge < -0.3 is 20.6 Å². The minimum Gasteiger partial charge on any atom is -0.494 e. The number of benzene rings is 2. The van der Waals surface area contributed by atoms with E-state index in [0.717, 1.165) is 17.4 Å². The molecule has 5 N–H and O–H groups in total. The van der Waals surface area contributed by atoms with Crippen molar-refractivity contribution in [2.75, 3.05) is 24.3 Å². The van der Waals surface area contributed by atoms with Gasteiger partial charge in [0.05, 0.1) is 0 Å². The summed E-state index contributed by atoms with van der Waals surface area (Å²) in [5, 5.41) is 14.9. The molecule has 2 atom stereocenters. The van der Waals surface area contributed by atoms with Crippen LogP contribution in [-0.4, -0.2) is 51.4 Å². The molecule has 2 unspecified atom stereocenters. The number of nitrogens with one attached hydrogen (secondary N) is 4. The Balaban J connectivity index is 1.59. The molecule has 38 heavy (non-hydrogen) atoms. The maximum Gasteiger partial charge on any atom is 0.328 e. The third-order valence-electron chi connectivity index (χ3n) is 5.81. The summed E-state index contributed by atoms with van der Waals surface area (Å²) in [6.07, 6.45) is -0.211. The highest BCUT2D eigenvalue weighted by Crippen LogP contribution is 2.32. The summed E-state index contributed by atoms with van der Waals surface area (Å²) in [5.74, 6) is -2.08. The molecule has 13 heteroatoms. The van der Waals surface area contributed by atoms with E-state index < -0.39 is 46.1 Å². The Hall–Kier alpha value is -4.39. The second kappa shape index (κ2) is 10.9. The molecule has 1 fully saturated rings. The number of amides is 2. The molecular formula is C25H25FN6O5S. The van der Waals surface area contributed by atoms with Gasteiger partial charge in [0.2, 0.25) is 17.7 Å². The molecule has 2 aromatic carbocycles. The zero-order chi connectivity index (χ0) is 27.6. The lowest BCUT2D eigenvalue weighted by Crippen LogP contribution is -2.29. The third-order valence-corrected chi connectivity index (χ3v) is 6.90. The van der Waals surface area contributed by atoms with Gasteiger partial charge in [-0.3, -0.25) is 24.4 Å². The average molecular weight is 541 g/mol. The van der Waals surface area contributed by atoms with Gasteiger partial charge in [-0.15, -0.1) is 0 Å². The lowest BCUT2D eigenvalue weighted by Gasteiger charge is -2.17. The van der Waals surface area contributed by atoms with Crippen LogP contribution in [0.1, 0.15) is 29.2 Å². The monoisotopic (exact) mass is 540 g/mol. The van der Waals surface area contributed by atoms with Gasteiger partial charge in [-0.05, 0) is 42.3 Å². The molecule has 1 saturated heterocycles. The molecule has 1 aliphatic heterocycles. The topological polar surface area (TPSA) is 160 Å². The van der Waals surface area contributed by atoms with Crippen LogP contribution in [0.5, 0.6) is 5.88 Å². The quantitative estimate of drug-likeness (QED) is 0.306. The first kappa shape index (κ1) is 26.7. The Bertz CT molecular complexity index is 1530. The molecule has 198 valence electrons. The standard InChI is InChI=1S/C25H25FN6O5S/c1-12-4-7-14(10-16(12)26)27-18(33)11-17-21(34)31-25(38-17)28-20(13-5-8-15(9-6-13)32(2)3)19-22(35)29-24(37)30-23(19)36/h4-10,17,20H,11H2,1-3H3,(H,27,33)(H,28,31,34)(H3,29,30,35,36,37). The number of rotatable bonds is 7. The highest BCUT2D eigenvalue weighted by molar-refractivity contribution is 8.15. The van der Waals surface area contributed by atoms with E-state index in [1.807, 2.05) is 19.0 Å².